The van der Waals surface area contributed by atoms with Crippen LogP contribution in [0, 0.1) is 5.92 Å². The number of carbonyl (C=O) groups is 2. The van der Waals surface area contributed by atoms with Crippen molar-refractivity contribution in [1.29, 1.82) is 0 Å². The van der Waals surface area contributed by atoms with Gasteiger partial charge in [0.2, 0.25) is 0 Å². The maximum Gasteiger partial charge on any atom is 0.257 e. The van der Waals surface area contributed by atoms with E-state index in [0.29, 0.717) is 16.5 Å². The molecule has 168 valence electrons. The standard InChI is InChI=1S/C26H25N3O3S/c30-24-10-3-4-15-29(24)19-13-11-17(12-14-19)25(31)27-20-7-5-8-21(20)28-26(32)23-16-18-6-1-2-9-22(18)33-23/h1-4,6,9-16,18,20-22H,5,7-8H2,(H,27,31)(H,28,32). The molecule has 2 aromatic rings. The van der Waals surface area contributed by atoms with Crippen LogP contribution in [0.15, 0.2) is 88.7 Å². The van der Waals surface area contributed by atoms with Crippen LogP contribution in [0.1, 0.15) is 29.6 Å². The molecular formula is C26H25N3O3S. The summed E-state index contributed by atoms with van der Waals surface area (Å²) in [5.41, 5.74) is 1.10. The fourth-order valence-electron chi connectivity index (χ4n) is 4.57. The summed E-state index contributed by atoms with van der Waals surface area (Å²) in [5.74, 6) is 0.0402. The minimum atomic E-state index is -0.177. The number of hydrogen-bond donors (Lipinski definition) is 2. The molecule has 1 fully saturated rings. The molecule has 4 atom stereocenters. The summed E-state index contributed by atoms with van der Waals surface area (Å²) in [6.45, 7) is 0. The fourth-order valence-corrected chi connectivity index (χ4v) is 5.76. The largest absolute Gasteiger partial charge is 0.347 e. The Hall–Kier alpha value is -3.32. The quantitative estimate of drug-likeness (QED) is 0.719. The molecule has 4 unspecified atom stereocenters. The van der Waals surface area contributed by atoms with Crippen molar-refractivity contribution < 1.29 is 9.59 Å². The van der Waals surface area contributed by atoms with E-state index in [1.807, 2.05) is 18.2 Å². The summed E-state index contributed by atoms with van der Waals surface area (Å²) in [6.07, 6.45) is 14.7. The first-order chi connectivity index (χ1) is 16.1. The third-order valence-electron chi connectivity index (χ3n) is 6.33. The predicted molar refractivity (Wildman–Crippen MR) is 130 cm³/mol. The van der Waals surface area contributed by atoms with Crippen LogP contribution in [-0.2, 0) is 4.79 Å². The summed E-state index contributed by atoms with van der Waals surface area (Å²) >= 11 is 1.60. The van der Waals surface area contributed by atoms with Crippen molar-refractivity contribution in [1.82, 2.24) is 15.2 Å². The third kappa shape index (κ3) is 4.59. The zero-order chi connectivity index (χ0) is 22.8. The number of rotatable bonds is 5. The molecule has 6 nitrogen and oxygen atoms in total. The maximum absolute atomic E-state index is 12.9. The lowest BCUT2D eigenvalue weighted by molar-refractivity contribution is -0.117. The van der Waals surface area contributed by atoms with Crippen LogP contribution in [0.25, 0.3) is 5.69 Å². The Morgan fingerprint density at radius 1 is 0.909 bits per heavy atom. The Balaban J connectivity index is 1.21. The zero-order valence-electron chi connectivity index (χ0n) is 18.0. The van der Waals surface area contributed by atoms with Gasteiger partial charge in [0.05, 0.1) is 4.91 Å². The zero-order valence-corrected chi connectivity index (χ0v) is 18.8. The number of benzene rings is 1. The van der Waals surface area contributed by atoms with E-state index < -0.39 is 0 Å². The number of nitrogens with zero attached hydrogens (tertiary/aromatic N) is 1. The molecule has 0 radical (unpaired) electrons. The molecular weight excluding hydrogens is 434 g/mol. The lowest BCUT2D eigenvalue weighted by atomic mass is 10.0. The van der Waals surface area contributed by atoms with Crippen molar-refractivity contribution in [3.05, 3.63) is 99.9 Å². The van der Waals surface area contributed by atoms with Gasteiger partial charge in [-0.2, -0.15) is 0 Å². The van der Waals surface area contributed by atoms with E-state index in [9.17, 15) is 14.4 Å². The van der Waals surface area contributed by atoms with Gasteiger partial charge >= 0.3 is 0 Å². The van der Waals surface area contributed by atoms with Crippen molar-refractivity contribution >= 4 is 23.6 Å². The molecule has 2 amide bonds. The molecule has 33 heavy (non-hydrogen) atoms. The van der Waals surface area contributed by atoms with E-state index in [1.54, 1.807) is 54.4 Å². The lowest BCUT2D eigenvalue weighted by Crippen LogP contribution is -2.48. The van der Waals surface area contributed by atoms with Gasteiger partial charge in [0.1, 0.15) is 0 Å². The summed E-state index contributed by atoms with van der Waals surface area (Å²) < 4.78 is 1.53. The highest BCUT2D eigenvalue weighted by Gasteiger charge is 2.34. The van der Waals surface area contributed by atoms with Crippen molar-refractivity contribution in [2.24, 2.45) is 5.92 Å². The van der Waals surface area contributed by atoms with E-state index in [4.69, 9.17) is 0 Å². The normalized spacial score (nSPS) is 25.4. The van der Waals surface area contributed by atoms with Gasteiger partial charge in [0.25, 0.3) is 17.4 Å². The molecule has 7 heteroatoms. The smallest absolute Gasteiger partial charge is 0.257 e. The Labute approximate surface area is 196 Å². The number of hydrogen-bond acceptors (Lipinski definition) is 4. The minimum Gasteiger partial charge on any atom is -0.347 e. The van der Waals surface area contributed by atoms with Crippen LogP contribution in [0.2, 0.25) is 0 Å². The third-order valence-corrected chi connectivity index (χ3v) is 7.65. The average molecular weight is 460 g/mol. The lowest BCUT2D eigenvalue weighted by Gasteiger charge is -2.22. The molecule has 0 bridgehead atoms. The van der Waals surface area contributed by atoms with Gasteiger partial charge in [-0.1, -0.05) is 36.4 Å². The summed E-state index contributed by atoms with van der Waals surface area (Å²) in [4.78, 5) is 38.5. The highest BCUT2D eigenvalue weighted by Crippen LogP contribution is 2.39. The Morgan fingerprint density at radius 3 is 2.36 bits per heavy atom. The fraction of sp³-hybridized carbons (Fsp3) is 0.269. The van der Waals surface area contributed by atoms with Crippen molar-refractivity contribution in [3.8, 4) is 5.69 Å². The van der Waals surface area contributed by atoms with Crippen LogP contribution in [-0.4, -0.2) is 33.7 Å². The van der Waals surface area contributed by atoms with Crippen molar-refractivity contribution in [2.75, 3.05) is 0 Å². The molecule has 3 aliphatic rings. The summed E-state index contributed by atoms with van der Waals surface area (Å²) in [6, 6.07) is 11.7. The molecule has 2 heterocycles. The topological polar surface area (TPSA) is 80.2 Å². The summed E-state index contributed by atoms with van der Waals surface area (Å²) in [7, 11) is 0. The second kappa shape index (κ2) is 9.27. The molecule has 5 rings (SSSR count). The molecule has 1 aromatic carbocycles. The highest BCUT2D eigenvalue weighted by molar-refractivity contribution is 8.05. The molecule has 1 aromatic heterocycles. The number of pyridine rings is 1. The van der Waals surface area contributed by atoms with Gasteiger partial charge in [0.15, 0.2) is 0 Å². The van der Waals surface area contributed by atoms with E-state index in [1.165, 1.54) is 10.6 Å². The van der Waals surface area contributed by atoms with Gasteiger partial charge in [0, 0.05) is 46.8 Å². The first kappa shape index (κ1) is 21.5. The minimum absolute atomic E-state index is 0.0556. The predicted octanol–water partition coefficient (Wildman–Crippen LogP) is 3.35. The second-order valence-electron chi connectivity index (χ2n) is 8.51. The van der Waals surface area contributed by atoms with Crippen LogP contribution in [0.4, 0.5) is 0 Å². The Morgan fingerprint density at radius 2 is 1.64 bits per heavy atom. The molecule has 1 aliphatic heterocycles. The van der Waals surface area contributed by atoms with Crippen LogP contribution in [0.5, 0.6) is 0 Å². The first-order valence-electron chi connectivity index (χ1n) is 11.2. The molecule has 0 saturated heterocycles. The number of fused-ring (bicyclic) bond motifs is 1. The van der Waals surface area contributed by atoms with Gasteiger partial charge < -0.3 is 10.6 Å². The Kier molecular flexibility index (Phi) is 6.05. The van der Waals surface area contributed by atoms with Gasteiger partial charge in [-0.05, 0) is 49.6 Å². The van der Waals surface area contributed by atoms with Crippen LogP contribution in [0.3, 0.4) is 0 Å². The molecule has 1 saturated carbocycles. The highest BCUT2D eigenvalue weighted by atomic mass is 32.2. The monoisotopic (exact) mass is 459 g/mol. The summed E-state index contributed by atoms with van der Waals surface area (Å²) in [5, 5.41) is 6.53. The number of nitrogens with one attached hydrogen (secondary N) is 2. The van der Waals surface area contributed by atoms with Crippen molar-refractivity contribution in [2.45, 2.75) is 36.6 Å². The van der Waals surface area contributed by atoms with E-state index in [2.05, 4.69) is 22.8 Å². The van der Waals surface area contributed by atoms with Gasteiger partial charge in [-0.25, -0.2) is 0 Å². The van der Waals surface area contributed by atoms with Crippen LogP contribution >= 0.6 is 11.8 Å². The SMILES string of the molecule is O=C(NC1CCCC1NC(=O)c1ccc(-n2ccccc2=O)cc1)C1=CC2C=CC=CC2S1. The number of amides is 2. The maximum atomic E-state index is 12.9. The van der Waals surface area contributed by atoms with E-state index >= 15 is 0 Å². The number of allylic oxidation sites excluding steroid dienone is 4. The average Bonchev–Trinajstić information content (AvgIpc) is 3.46. The van der Waals surface area contributed by atoms with Crippen LogP contribution < -0.4 is 16.2 Å². The van der Waals surface area contributed by atoms with E-state index in [0.717, 1.165) is 24.2 Å². The molecule has 2 aliphatic carbocycles. The number of carbonyl (C=O) groups excluding carboxylic acids is 2. The number of thioether (sulfide) groups is 1. The second-order valence-corrected chi connectivity index (χ2v) is 9.73. The number of aromatic nitrogens is 1. The Bertz CT molecular complexity index is 1210. The first-order valence-corrected chi connectivity index (χ1v) is 12.1. The molecule has 0 spiro atoms. The van der Waals surface area contributed by atoms with Gasteiger partial charge in [-0.3, -0.25) is 19.0 Å². The van der Waals surface area contributed by atoms with E-state index in [-0.39, 0.29) is 35.4 Å². The van der Waals surface area contributed by atoms with Gasteiger partial charge in [-0.15, -0.1) is 11.8 Å². The molecule has 2 N–H and O–H groups in total. The van der Waals surface area contributed by atoms with Crippen molar-refractivity contribution in [3.63, 3.8) is 0 Å².